The first-order chi connectivity index (χ1) is 24.1. The molecule has 51 heavy (non-hydrogen) atoms. The number of halogens is 3. The second-order valence-corrected chi connectivity index (χ2v) is 13.5. The molecule has 0 spiro atoms. The summed E-state index contributed by atoms with van der Waals surface area (Å²) >= 11 is 6.39. The van der Waals surface area contributed by atoms with Gasteiger partial charge in [-0.15, -0.1) is 12.4 Å². The number of hydrogen-bond acceptors (Lipinski definition) is 7. The standard InChI is InChI=1S/C38H36ClFN4O5S.ClH/c1-2-34(42-24-27-10-6-7-14-33(27)40)37(45)43-38(46)36(26-15-18-29(19-16-26)44-50(47,48)31-12-4-3-5-13-31)32-20-17-28(39)22-35(32)49-30-11-8-9-25(21-30)23-41;/h3-22,34,36,42,44H,2,23-24,41H2,1H3,(H,43,45,46);1H. The van der Waals surface area contributed by atoms with Crippen molar-refractivity contribution in [3.63, 3.8) is 0 Å². The van der Waals surface area contributed by atoms with E-state index in [0.717, 1.165) is 5.56 Å². The molecule has 0 heterocycles. The SMILES string of the molecule is CCC(NCc1ccccc1F)C(=O)NC(=O)C(c1ccc(NS(=O)(=O)c2ccccc2)cc1)c1ccc(Cl)cc1Oc1cccc(CN)c1.Cl. The maximum atomic E-state index is 14.2. The first-order valence-corrected chi connectivity index (χ1v) is 17.7. The lowest BCUT2D eigenvalue weighted by Gasteiger charge is -2.23. The van der Waals surface area contributed by atoms with E-state index in [9.17, 15) is 22.4 Å². The Morgan fingerprint density at radius 2 is 1.57 bits per heavy atom. The highest BCUT2D eigenvalue weighted by Gasteiger charge is 2.30. The summed E-state index contributed by atoms with van der Waals surface area (Å²) in [5, 5.41) is 5.91. The van der Waals surface area contributed by atoms with Gasteiger partial charge in [-0.1, -0.05) is 85.3 Å². The molecule has 0 radical (unpaired) electrons. The highest BCUT2D eigenvalue weighted by molar-refractivity contribution is 7.92. The Hall–Kier alpha value is -4.78. The van der Waals surface area contributed by atoms with Crippen LogP contribution in [0.2, 0.25) is 5.02 Å². The fourth-order valence-electron chi connectivity index (χ4n) is 5.31. The summed E-state index contributed by atoms with van der Waals surface area (Å²) in [6.45, 7) is 2.14. The molecule has 0 bridgehead atoms. The monoisotopic (exact) mass is 750 g/mol. The molecule has 0 aliphatic rings. The van der Waals surface area contributed by atoms with Crippen LogP contribution in [0.5, 0.6) is 11.5 Å². The van der Waals surface area contributed by atoms with Gasteiger partial charge in [0.15, 0.2) is 0 Å². The van der Waals surface area contributed by atoms with Crippen molar-refractivity contribution < 1.29 is 27.1 Å². The molecule has 5 N–H and O–H groups in total. The van der Waals surface area contributed by atoms with Gasteiger partial charge in [-0.05, 0) is 72.1 Å². The Bertz CT molecular complexity index is 2070. The van der Waals surface area contributed by atoms with Crippen LogP contribution in [0.1, 0.15) is 41.5 Å². The van der Waals surface area contributed by atoms with Crippen molar-refractivity contribution >= 4 is 51.5 Å². The first-order valence-electron chi connectivity index (χ1n) is 15.8. The maximum Gasteiger partial charge on any atom is 0.261 e. The van der Waals surface area contributed by atoms with Crippen molar-refractivity contribution in [1.82, 2.24) is 10.6 Å². The van der Waals surface area contributed by atoms with Crippen molar-refractivity contribution in [2.75, 3.05) is 4.72 Å². The van der Waals surface area contributed by atoms with E-state index < -0.39 is 39.6 Å². The minimum atomic E-state index is -3.87. The van der Waals surface area contributed by atoms with Crippen molar-refractivity contribution in [3.05, 3.63) is 154 Å². The summed E-state index contributed by atoms with van der Waals surface area (Å²) in [4.78, 5) is 27.7. The number of amides is 2. The molecule has 5 aromatic carbocycles. The predicted octanol–water partition coefficient (Wildman–Crippen LogP) is 7.30. The number of imide groups is 1. The topological polar surface area (TPSA) is 140 Å². The molecular formula is C38H37Cl2FN4O5S. The van der Waals surface area contributed by atoms with Crippen LogP contribution in [0.4, 0.5) is 10.1 Å². The Morgan fingerprint density at radius 3 is 2.25 bits per heavy atom. The summed E-state index contributed by atoms with van der Waals surface area (Å²) in [5.41, 5.74) is 8.13. The van der Waals surface area contributed by atoms with Crippen LogP contribution in [0, 0.1) is 5.82 Å². The van der Waals surface area contributed by atoms with Crippen LogP contribution < -0.4 is 25.8 Å². The van der Waals surface area contributed by atoms with E-state index in [1.807, 2.05) is 6.07 Å². The molecular weight excluding hydrogens is 714 g/mol. The third kappa shape index (κ3) is 10.2. The maximum absolute atomic E-state index is 14.2. The number of nitrogens with two attached hydrogens (primary N) is 1. The Balaban J connectivity index is 0.00000583. The van der Waals surface area contributed by atoms with E-state index in [1.165, 1.54) is 30.3 Å². The van der Waals surface area contributed by atoms with Gasteiger partial charge in [0.25, 0.3) is 10.0 Å². The van der Waals surface area contributed by atoms with Gasteiger partial charge in [0, 0.05) is 34.9 Å². The van der Waals surface area contributed by atoms with Gasteiger partial charge in [0.2, 0.25) is 11.8 Å². The summed E-state index contributed by atoms with van der Waals surface area (Å²) in [7, 11) is -3.87. The minimum absolute atomic E-state index is 0. The number of hydrogen-bond donors (Lipinski definition) is 4. The molecule has 5 aromatic rings. The second-order valence-electron chi connectivity index (χ2n) is 11.4. The zero-order chi connectivity index (χ0) is 35.7. The predicted molar refractivity (Wildman–Crippen MR) is 199 cm³/mol. The quantitative estimate of drug-likeness (QED) is 0.0935. The molecule has 0 fully saturated rings. The van der Waals surface area contributed by atoms with Crippen LogP contribution >= 0.6 is 24.0 Å². The summed E-state index contributed by atoms with van der Waals surface area (Å²) in [6, 6.07) is 31.6. The number of anilines is 1. The van der Waals surface area contributed by atoms with E-state index in [0.29, 0.717) is 33.9 Å². The van der Waals surface area contributed by atoms with Crippen LogP contribution in [-0.2, 0) is 32.7 Å². The fraction of sp³-hybridized carbons (Fsp3) is 0.158. The van der Waals surface area contributed by atoms with Crippen molar-refractivity contribution in [2.24, 2.45) is 5.73 Å². The minimum Gasteiger partial charge on any atom is -0.457 e. The summed E-state index contributed by atoms with van der Waals surface area (Å²) in [5.74, 6) is -2.06. The third-order valence-corrected chi connectivity index (χ3v) is 9.56. The molecule has 0 saturated heterocycles. The molecule has 5 rings (SSSR count). The van der Waals surface area contributed by atoms with Crippen molar-refractivity contribution in [2.45, 2.75) is 43.3 Å². The van der Waals surface area contributed by atoms with Crippen LogP contribution in [0.3, 0.4) is 0 Å². The number of sulfonamides is 1. The van der Waals surface area contributed by atoms with Gasteiger partial charge < -0.3 is 15.8 Å². The molecule has 2 amide bonds. The molecule has 0 aliphatic heterocycles. The molecule has 266 valence electrons. The summed E-state index contributed by atoms with van der Waals surface area (Å²) in [6.07, 6.45) is 0.321. The lowest BCUT2D eigenvalue weighted by atomic mass is 9.89. The van der Waals surface area contributed by atoms with E-state index in [1.54, 1.807) is 91.9 Å². The number of nitrogens with one attached hydrogen (secondary N) is 3. The molecule has 9 nitrogen and oxygen atoms in total. The third-order valence-electron chi connectivity index (χ3n) is 7.93. The zero-order valence-corrected chi connectivity index (χ0v) is 29.9. The average molecular weight is 752 g/mol. The highest BCUT2D eigenvalue weighted by Crippen LogP contribution is 2.37. The lowest BCUT2D eigenvalue weighted by molar-refractivity contribution is -0.132. The van der Waals surface area contributed by atoms with Gasteiger partial charge in [-0.3, -0.25) is 19.6 Å². The largest absolute Gasteiger partial charge is 0.457 e. The normalized spacial score (nSPS) is 12.2. The molecule has 0 saturated carbocycles. The van der Waals surface area contributed by atoms with E-state index in [2.05, 4.69) is 15.4 Å². The molecule has 13 heteroatoms. The van der Waals surface area contributed by atoms with Crippen LogP contribution in [-0.4, -0.2) is 26.3 Å². The summed E-state index contributed by atoms with van der Waals surface area (Å²) < 4.78 is 48.9. The molecule has 2 unspecified atom stereocenters. The fourth-order valence-corrected chi connectivity index (χ4v) is 6.55. The Labute approximate surface area is 307 Å². The van der Waals surface area contributed by atoms with Crippen LogP contribution in [0.15, 0.2) is 126 Å². The molecule has 0 aromatic heterocycles. The highest BCUT2D eigenvalue weighted by atomic mass is 35.5. The molecule has 2 atom stereocenters. The molecule has 0 aliphatic carbocycles. The zero-order valence-electron chi connectivity index (χ0n) is 27.5. The number of rotatable bonds is 14. The smallest absolute Gasteiger partial charge is 0.261 e. The number of carbonyl (C=O) groups excluding carboxylic acids is 2. The average Bonchev–Trinajstić information content (AvgIpc) is 3.11. The van der Waals surface area contributed by atoms with Crippen LogP contribution in [0.25, 0.3) is 0 Å². The van der Waals surface area contributed by atoms with Gasteiger partial charge in [0.1, 0.15) is 17.3 Å². The van der Waals surface area contributed by atoms with Gasteiger partial charge in [-0.2, -0.15) is 0 Å². The second kappa shape index (κ2) is 17.9. The van der Waals surface area contributed by atoms with Gasteiger partial charge in [-0.25, -0.2) is 12.8 Å². The number of benzene rings is 5. The van der Waals surface area contributed by atoms with E-state index in [-0.39, 0.29) is 41.8 Å². The van der Waals surface area contributed by atoms with Crippen molar-refractivity contribution in [3.8, 4) is 11.5 Å². The number of ether oxygens (including phenoxy) is 1. The van der Waals surface area contributed by atoms with E-state index in [4.69, 9.17) is 22.1 Å². The Morgan fingerprint density at radius 1 is 0.863 bits per heavy atom. The first kappa shape index (κ1) is 39.0. The lowest BCUT2D eigenvalue weighted by Crippen LogP contribution is -2.47. The van der Waals surface area contributed by atoms with Crippen molar-refractivity contribution in [1.29, 1.82) is 0 Å². The Kier molecular flexibility index (Phi) is 13.7. The van der Waals surface area contributed by atoms with Gasteiger partial charge in [0.05, 0.1) is 16.9 Å². The van der Waals surface area contributed by atoms with E-state index >= 15 is 0 Å². The number of carbonyl (C=O) groups is 2. The van der Waals surface area contributed by atoms with Gasteiger partial charge >= 0.3 is 0 Å².